The topological polar surface area (TPSA) is 118 Å². The maximum atomic E-state index is 12.4. The summed E-state index contributed by atoms with van der Waals surface area (Å²) in [5.41, 5.74) is 6.37. The highest BCUT2D eigenvalue weighted by molar-refractivity contribution is 5.88. The molecule has 2 amide bonds. The molecule has 2 aromatic rings. The number of primary amides is 1. The van der Waals surface area contributed by atoms with Crippen molar-refractivity contribution < 1.29 is 14.1 Å². The zero-order valence-electron chi connectivity index (χ0n) is 16.4. The molecule has 2 aliphatic heterocycles. The van der Waals surface area contributed by atoms with Gasteiger partial charge in [0.2, 0.25) is 11.8 Å². The number of pyridine rings is 1. The molecule has 2 aromatic heterocycles. The van der Waals surface area contributed by atoms with E-state index in [9.17, 15) is 9.59 Å². The SMILES string of the molecule is NC(=O)c1noc(CN2CCC3(CCC(=O)N(CCc4ccccn4)C3)CC2)n1. The fourth-order valence-corrected chi connectivity index (χ4v) is 4.31. The van der Waals surface area contributed by atoms with Gasteiger partial charge in [0.25, 0.3) is 11.7 Å². The van der Waals surface area contributed by atoms with E-state index in [1.54, 1.807) is 6.20 Å². The van der Waals surface area contributed by atoms with Crippen LogP contribution in [-0.2, 0) is 17.8 Å². The van der Waals surface area contributed by atoms with Crippen molar-refractivity contribution in [1.82, 2.24) is 24.9 Å². The molecule has 0 bridgehead atoms. The van der Waals surface area contributed by atoms with Crippen molar-refractivity contribution in [2.45, 2.75) is 38.6 Å². The molecule has 9 heteroatoms. The molecule has 1 spiro atoms. The largest absolute Gasteiger partial charge is 0.363 e. The monoisotopic (exact) mass is 398 g/mol. The molecule has 154 valence electrons. The minimum atomic E-state index is -0.685. The first-order valence-electron chi connectivity index (χ1n) is 10.1. The highest BCUT2D eigenvalue weighted by Crippen LogP contribution is 2.40. The summed E-state index contributed by atoms with van der Waals surface area (Å²) in [5.74, 6) is -0.109. The van der Waals surface area contributed by atoms with E-state index in [4.69, 9.17) is 10.3 Å². The number of amides is 2. The number of nitrogens with zero attached hydrogens (tertiary/aromatic N) is 5. The second-order valence-electron chi connectivity index (χ2n) is 8.04. The Hall–Kier alpha value is -2.81. The van der Waals surface area contributed by atoms with Gasteiger partial charge in [-0.25, -0.2) is 0 Å². The Balaban J connectivity index is 1.31. The maximum absolute atomic E-state index is 12.4. The number of hydrogen-bond acceptors (Lipinski definition) is 7. The summed E-state index contributed by atoms with van der Waals surface area (Å²) in [6.45, 7) is 3.85. The van der Waals surface area contributed by atoms with Crippen LogP contribution >= 0.6 is 0 Å². The van der Waals surface area contributed by atoms with Crippen molar-refractivity contribution in [2.24, 2.45) is 11.1 Å². The van der Waals surface area contributed by atoms with Gasteiger partial charge < -0.3 is 15.2 Å². The van der Waals surface area contributed by atoms with Crippen LogP contribution in [0.15, 0.2) is 28.9 Å². The summed E-state index contributed by atoms with van der Waals surface area (Å²) in [5, 5.41) is 3.59. The minimum Gasteiger partial charge on any atom is -0.363 e. The average molecular weight is 398 g/mol. The molecular weight excluding hydrogens is 372 g/mol. The molecule has 4 heterocycles. The Morgan fingerprint density at radius 2 is 2.07 bits per heavy atom. The molecular formula is C20H26N6O3. The van der Waals surface area contributed by atoms with Crippen molar-refractivity contribution >= 4 is 11.8 Å². The van der Waals surface area contributed by atoms with E-state index < -0.39 is 5.91 Å². The molecule has 9 nitrogen and oxygen atoms in total. The van der Waals surface area contributed by atoms with Gasteiger partial charge in [0, 0.05) is 37.8 Å². The molecule has 0 unspecified atom stereocenters. The first-order chi connectivity index (χ1) is 14.0. The Morgan fingerprint density at radius 3 is 2.76 bits per heavy atom. The van der Waals surface area contributed by atoms with Crippen molar-refractivity contribution in [3.63, 3.8) is 0 Å². The number of piperidine rings is 2. The maximum Gasteiger partial charge on any atom is 0.290 e. The standard InChI is InChI=1S/C20H26N6O3/c21-18(28)19-23-16(29-24-19)13-25-11-7-20(8-12-25)6-4-17(27)26(14-20)10-5-15-3-1-2-9-22-15/h1-3,9H,4-8,10-14H2,(H2,21,28). The fraction of sp³-hybridized carbons (Fsp3) is 0.550. The van der Waals surface area contributed by atoms with Gasteiger partial charge in [-0.3, -0.25) is 19.5 Å². The number of carbonyl (C=O) groups excluding carboxylic acids is 2. The van der Waals surface area contributed by atoms with E-state index in [0.29, 0.717) is 18.9 Å². The first kappa shape index (κ1) is 19.5. The number of hydrogen-bond donors (Lipinski definition) is 1. The number of aromatic nitrogens is 3. The number of rotatable bonds is 6. The number of likely N-dealkylation sites (tertiary alicyclic amines) is 2. The van der Waals surface area contributed by atoms with Gasteiger partial charge in [-0.2, -0.15) is 4.98 Å². The lowest BCUT2D eigenvalue weighted by atomic mass is 9.72. The van der Waals surface area contributed by atoms with Crippen molar-refractivity contribution in [3.05, 3.63) is 41.8 Å². The third-order valence-corrected chi connectivity index (χ3v) is 6.08. The highest BCUT2D eigenvalue weighted by atomic mass is 16.5. The van der Waals surface area contributed by atoms with Crippen LogP contribution in [0.3, 0.4) is 0 Å². The van der Waals surface area contributed by atoms with E-state index >= 15 is 0 Å². The van der Waals surface area contributed by atoms with Gasteiger partial charge in [-0.05, 0) is 49.9 Å². The lowest BCUT2D eigenvalue weighted by molar-refractivity contribution is -0.139. The van der Waals surface area contributed by atoms with Gasteiger partial charge in [0.15, 0.2) is 0 Å². The van der Waals surface area contributed by atoms with Crippen LogP contribution in [0.5, 0.6) is 0 Å². The van der Waals surface area contributed by atoms with Crippen LogP contribution in [0.2, 0.25) is 0 Å². The molecule has 0 atom stereocenters. The van der Waals surface area contributed by atoms with Crippen molar-refractivity contribution in [2.75, 3.05) is 26.2 Å². The normalized spacial score (nSPS) is 19.6. The van der Waals surface area contributed by atoms with Gasteiger partial charge >= 0.3 is 0 Å². The van der Waals surface area contributed by atoms with Gasteiger partial charge in [0.05, 0.1) is 6.54 Å². The van der Waals surface area contributed by atoms with E-state index in [-0.39, 0.29) is 17.1 Å². The molecule has 0 radical (unpaired) electrons. The van der Waals surface area contributed by atoms with Crippen LogP contribution in [0.1, 0.15) is 47.9 Å². The lowest BCUT2D eigenvalue weighted by Crippen LogP contribution is -2.51. The molecule has 2 N–H and O–H groups in total. The summed E-state index contributed by atoms with van der Waals surface area (Å²) < 4.78 is 5.11. The summed E-state index contributed by atoms with van der Waals surface area (Å²) in [7, 11) is 0. The molecule has 29 heavy (non-hydrogen) atoms. The van der Waals surface area contributed by atoms with Crippen LogP contribution in [0.25, 0.3) is 0 Å². The van der Waals surface area contributed by atoms with Crippen LogP contribution in [0.4, 0.5) is 0 Å². The van der Waals surface area contributed by atoms with Crippen molar-refractivity contribution in [1.29, 1.82) is 0 Å². The second-order valence-corrected chi connectivity index (χ2v) is 8.04. The zero-order chi connectivity index (χ0) is 20.3. The predicted molar refractivity (Wildman–Crippen MR) is 104 cm³/mol. The number of carbonyl (C=O) groups is 2. The molecule has 0 aromatic carbocycles. The molecule has 0 aliphatic carbocycles. The van der Waals surface area contributed by atoms with Crippen molar-refractivity contribution in [3.8, 4) is 0 Å². The lowest BCUT2D eigenvalue weighted by Gasteiger charge is -2.47. The molecule has 2 aliphatic rings. The Bertz CT molecular complexity index is 860. The van der Waals surface area contributed by atoms with Gasteiger partial charge in [-0.15, -0.1) is 0 Å². The molecule has 2 fully saturated rings. The molecule has 0 saturated carbocycles. The van der Waals surface area contributed by atoms with Crippen LogP contribution in [-0.4, -0.2) is 62.9 Å². The Kier molecular flexibility index (Phi) is 5.57. The smallest absolute Gasteiger partial charge is 0.290 e. The fourth-order valence-electron chi connectivity index (χ4n) is 4.31. The predicted octanol–water partition coefficient (Wildman–Crippen LogP) is 1.01. The third kappa shape index (κ3) is 4.61. The minimum absolute atomic E-state index is 0.0807. The van der Waals surface area contributed by atoms with Gasteiger partial charge in [-0.1, -0.05) is 11.2 Å². The zero-order valence-corrected chi connectivity index (χ0v) is 16.4. The van der Waals surface area contributed by atoms with E-state index in [1.165, 1.54) is 0 Å². The van der Waals surface area contributed by atoms with Crippen LogP contribution in [0, 0.1) is 5.41 Å². The molecule has 4 rings (SSSR count). The first-order valence-corrected chi connectivity index (χ1v) is 10.1. The summed E-state index contributed by atoms with van der Waals surface area (Å²) >= 11 is 0. The number of nitrogens with two attached hydrogens (primary N) is 1. The Morgan fingerprint density at radius 1 is 1.24 bits per heavy atom. The highest BCUT2D eigenvalue weighted by Gasteiger charge is 2.41. The third-order valence-electron chi connectivity index (χ3n) is 6.08. The molecule has 2 saturated heterocycles. The van der Waals surface area contributed by atoms with E-state index in [2.05, 4.69) is 20.0 Å². The Labute approximate surface area is 169 Å². The van der Waals surface area contributed by atoms with Crippen LogP contribution < -0.4 is 5.73 Å². The average Bonchev–Trinajstić information content (AvgIpc) is 3.20. The van der Waals surface area contributed by atoms with E-state index in [1.807, 2.05) is 23.1 Å². The summed E-state index contributed by atoms with van der Waals surface area (Å²) in [4.78, 5) is 36.2. The quantitative estimate of drug-likeness (QED) is 0.771. The summed E-state index contributed by atoms with van der Waals surface area (Å²) in [6, 6.07) is 5.89. The van der Waals surface area contributed by atoms with Gasteiger partial charge in [0.1, 0.15) is 0 Å². The summed E-state index contributed by atoms with van der Waals surface area (Å²) in [6.07, 6.45) is 6.20. The van der Waals surface area contributed by atoms with E-state index in [0.717, 1.165) is 57.6 Å². The second kappa shape index (κ2) is 8.28.